The van der Waals surface area contributed by atoms with E-state index in [2.05, 4.69) is 5.16 Å². The number of aryl methyl sites for hydroxylation is 2. The number of aliphatic hydroxyl groups is 1. The lowest BCUT2D eigenvalue weighted by Gasteiger charge is -2.34. The molecule has 0 aliphatic carbocycles. The molecule has 5 heteroatoms. The van der Waals surface area contributed by atoms with E-state index in [4.69, 9.17) is 4.52 Å². The summed E-state index contributed by atoms with van der Waals surface area (Å²) in [5.74, 6) is 0.705. The minimum absolute atomic E-state index is 0.0906. The van der Waals surface area contributed by atoms with Gasteiger partial charge in [-0.05, 0) is 26.2 Å². The molecule has 5 nitrogen and oxygen atoms in total. The molecule has 0 radical (unpaired) electrons. The quantitative estimate of drug-likeness (QED) is 0.796. The Labute approximate surface area is 100 Å². The zero-order valence-electron chi connectivity index (χ0n) is 10.4. The van der Waals surface area contributed by atoms with Crippen LogP contribution in [0.25, 0.3) is 0 Å². The largest absolute Gasteiger partial charge is 0.391 e. The standard InChI is InChI=1S/C12H18N2O3/c1-7-4-5-14(6-10(7)15)12(16)11-8(2)13-17-9(11)3/h7,10,15H,4-6H2,1-3H3. The molecule has 1 fully saturated rings. The van der Waals surface area contributed by atoms with Crippen molar-refractivity contribution < 1.29 is 14.4 Å². The molecule has 94 valence electrons. The van der Waals surface area contributed by atoms with Crippen molar-refractivity contribution >= 4 is 5.91 Å². The lowest BCUT2D eigenvalue weighted by molar-refractivity contribution is 0.0247. The smallest absolute Gasteiger partial charge is 0.259 e. The Bertz CT molecular complexity index is 408. The Morgan fingerprint density at radius 1 is 1.53 bits per heavy atom. The summed E-state index contributed by atoms with van der Waals surface area (Å²) in [5, 5.41) is 13.6. The number of likely N-dealkylation sites (tertiary alicyclic amines) is 1. The van der Waals surface area contributed by atoms with Crippen LogP contribution in [0.5, 0.6) is 0 Å². The summed E-state index contributed by atoms with van der Waals surface area (Å²) in [6.07, 6.45) is 0.393. The van der Waals surface area contributed by atoms with E-state index in [9.17, 15) is 9.90 Å². The third kappa shape index (κ3) is 2.20. The number of rotatable bonds is 1. The van der Waals surface area contributed by atoms with Crippen molar-refractivity contribution in [2.45, 2.75) is 33.3 Å². The van der Waals surface area contributed by atoms with Gasteiger partial charge in [0.05, 0.1) is 11.8 Å². The van der Waals surface area contributed by atoms with Crippen LogP contribution in [0.3, 0.4) is 0 Å². The number of hydrogen-bond donors (Lipinski definition) is 1. The van der Waals surface area contributed by atoms with Crippen molar-refractivity contribution in [3.63, 3.8) is 0 Å². The summed E-state index contributed by atoms with van der Waals surface area (Å²) in [7, 11) is 0. The van der Waals surface area contributed by atoms with Crippen molar-refractivity contribution in [3.05, 3.63) is 17.0 Å². The van der Waals surface area contributed by atoms with Gasteiger partial charge < -0.3 is 14.5 Å². The summed E-state index contributed by atoms with van der Waals surface area (Å²) in [6, 6.07) is 0. The molecule has 1 saturated heterocycles. The molecule has 1 aromatic heterocycles. The van der Waals surface area contributed by atoms with E-state index in [-0.39, 0.29) is 11.8 Å². The van der Waals surface area contributed by atoms with Gasteiger partial charge >= 0.3 is 0 Å². The third-order valence-electron chi connectivity index (χ3n) is 3.45. The summed E-state index contributed by atoms with van der Waals surface area (Å²) in [6.45, 7) is 6.57. The van der Waals surface area contributed by atoms with Crippen LogP contribution in [0.4, 0.5) is 0 Å². The molecule has 0 spiro atoms. The summed E-state index contributed by atoms with van der Waals surface area (Å²) in [5.41, 5.74) is 1.15. The van der Waals surface area contributed by atoms with Gasteiger partial charge in [-0.1, -0.05) is 12.1 Å². The lowest BCUT2D eigenvalue weighted by Crippen LogP contribution is -2.46. The number of piperidine rings is 1. The SMILES string of the molecule is Cc1noc(C)c1C(=O)N1CCC(C)C(O)C1. The molecule has 2 rings (SSSR count). The Hall–Kier alpha value is -1.36. The maximum Gasteiger partial charge on any atom is 0.259 e. The molecule has 0 bridgehead atoms. The van der Waals surface area contributed by atoms with Gasteiger partial charge in [-0.3, -0.25) is 4.79 Å². The maximum absolute atomic E-state index is 12.3. The second-order valence-electron chi connectivity index (χ2n) is 4.78. The summed E-state index contributed by atoms with van der Waals surface area (Å²) < 4.78 is 5.00. The molecule has 1 aromatic rings. The first-order valence-electron chi connectivity index (χ1n) is 5.91. The van der Waals surface area contributed by atoms with E-state index in [1.807, 2.05) is 6.92 Å². The fourth-order valence-corrected chi connectivity index (χ4v) is 2.18. The molecular weight excluding hydrogens is 220 g/mol. The molecular formula is C12H18N2O3. The minimum atomic E-state index is -0.437. The first-order valence-corrected chi connectivity index (χ1v) is 5.91. The van der Waals surface area contributed by atoms with Gasteiger partial charge in [0.25, 0.3) is 5.91 Å². The monoisotopic (exact) mass is 238 g/mol. The van der Waals surface area contributed by atoms with E-state index in [1.165, 1.54) is 0 Å². The van der Waals surface area contributed by atoms with Gasteiger partial charge in [-0.25, -0.2) is 0 Å². The van der Waals surface area contributed by atoms with Gasteiger partial charge in [-0.15, -0.1) is 0 Å². The zero-order chi connectivity index (χ0) is 12.6. The van der Waals surface area contributed by atoms with E-state index < -0.39 is 6.10 Å². The number of nitrogens with zero attached hydrogens (tertiary/aromatic N) is 2. The van der Waals surface area contributed by atoms with Gasteiger partial charge in [0, 0.05) is 13.1 Å². The van der Waals surface area contributed by atoms with Crippen LogP contribution in [0, 0.1) is 19.8 Å². The summed E-state index contributed by atoms with van der Waals surface area (Å²) in [4.78, 5) is 13.9. The van der Waals surface area contributed by atoms with Gasteiger partial charge in [-0.2, -0.15) is 0 Å². The van der Waals surface area contributed by atoms with Crippen LogP contribution in [0.15, 0.2) is 4.52 Å². The van der Waals surface area contributed by atoms with E-state index >= 15 is 0 Å². The highest BCUT2D eigenvalue weighted by atomic mass is 16.5. The number of carbonyl (C=O) groups excluding carboxylic acids is 1. The van der Waals surface area contributed by atoms with Gasteiger partial charge in [0.2, 0.25) is 0 Å². The van der Waals surface area contributed by atoms with Crippen LogP contribution in [-0.4, -0.2) is 40.3 Å². The lowest BCUT2D eigenvalue weighted by atomic mass is 9.95. The van der Waals surface area contributed by atoms with Crippen molar-refractivity contribution in [1.82, 2.24) is 10.1 Å². The normalized spacial score (nSPS) is 25.1. The Morgan fingerprint density at radius 2 is 2.24 bits per heavy atom. The van der Waals surface area contributed by atoms with Crippen molar-refractivity contribution in [2.24, 2.45) is 5.92 Å². The van der Waals surface area contributed by atoms with Crippen molar-refractivity contribution in [2.75, 3.05) is 13.1 Å². The van der Waals surface area contributed by atoms with Gasteiger partial charge in [0.1, 0.15) is 11.3 Å². The Kier molecular flexibility index (Phi) is 3.19. The second-order valence-corrected chi connectivity index (χ2v) is 4.78. The number of carbonyl (C=O) groups is 1. The highest BCUT2D eigenvalue weighted by Crippen LogP contribution is 2.21. The molecule has 1 amide bonds. The van der Waals surface area contributed by atoms with Crippen LogP contribution < -0.4 is 0 Å². The maximum atomic E-state index is 12.3. The molecule has 2 atom stereocenters. The summed E-state index contributed by atoms with van der Waals surface area (Å²) >= 11 is 0. The predicted octanol–water partition coefficient (Wildman–Crippen LogP) is 1.13. The zero-order valence-corrected chi connectivity index (χ0v) is 10.4. The average molecular weight is 238 g/mol. The highest BCUT2D eigenvalue weighted by molar-refractivity contribution is 5.96. The number of amides is 1. The second kappa shape index (κ2) is 4.49. The topological polar surface area (TPSA) is 66.6 Å². The van der Waals surface area contributed by atoms with Crippen molar-refractivity contribution in [1.29, 1.82) is 0 Å². The minimum Gasteiger partial charge on any atom is -0.391 e. The molecule has 1 aliphatic rings. The third-order valence-corrected chi connectivity index (χ3v) is 3.45. The number of hydrogen-bond acceptors (Lipinski definition) is 4. The first kappa shape index (κ1) is 12.1. The molecule has 1 aliphatic heterocycles. The van der Waals surface area contributed by atoms with Crippen LogP contribution in [0.2, 0.25) is 0 Å². The molecule has 17 heavy (non-hydrogen) atoms. The fourth-order valence-electron chi connectivity index (χ4n) is 2.18. The van der Waals surface area contributed by atoms with Crippen LogP contribution >= 0.6 is 0 Å². The predicted molar refractivity (Wildman–Crippen MR) is 61.7 cm³/mol. The number of aromatic nitrogens is 1. The molecule has 0 saturated carbocycles. The van der Waals surface area contributed by atoms with Crippen molar-refractivity contribution in [3.8, 4) is 0 Å². The molecule has 2 heterocycles. The van der Waals surface area contributed by atoms with Gasteiger partial charge in [0.15, 0.2) is 0 Å². The average Bonchev–Trinajstić information content (AvgIpc) is 2.62. The molecule has 0 aromatic carbocycles. The van der Waals surface area contributed by atoms with E-state index in [1.54, 1.807) is 18.7 Å². The number of aliphatic hydroxyl groups excluding tert-OH is 1. The molecule has 2 unspecified atom stereocenters. The highest BCUT2D eigenvalue weighted by Gasteiger charge is 2.30. The Morgan fingerprint density at radius 3 is 2.76 bits per heavy atom. The van der Waals surface area contributed by atoms with E-state index in [0.29, 0.717) is 30.1 Å². The van der Waals surface area contributed by atoms with Crippen LogP contribution in [-0.2, 0) is 0 Å². The van der Waals surface area contributed by atoms with Crippen LogP contribution in [0.1, 0.15) is 35.2 Å². The molecule has 1 N–H and O–H groups in total. The first-order chi connectivity index (χ1) is 8.00. The fraction of sp³-hybridized carbons (Fsp3) is 0.667. The van der Waals surface area contributed by atoms with E-state index in [0.717, 1.165) is 6.42 Å². The number of β-amino-alcohol motifs (C(OH)–C–C–N with tert-alkyl or cyclic N) is 1. The Balaban J connectivity index is 2.16.